The summed E-state index contributed by atoms with van der Waals surface area (Å²) in [6.07, 6.45) is 2.41. The lowest BCUT2D eigenvalue weighted by Crippen LogP contribution is -2.23. The van der Waals surface area contributed by atoms with Crippen molar-refractivity contribution in [3.8, 4) is 0 Å². The maximum absolute atomic E-state index is 11.2. The molecule has 0 radical (unpaired) electrons. The van der Waals surface area contributed by atoms with Gasteiger partial charge in [0.1, 0.15) is 0 Å². The Balaban J connectivity index is 2.53. The minimum absolute atomic E-state index is 0.000839. The molecule has 0 unspecified atom stereocenters. The summed E-state index contributed by atoms with van der Waals surface area (Å²) < 4.78 is 0. The van der Waals surface area contributed by atoms with E-state index in [0.29, 0.717) is 18.8 Å². The molecule has 4 heteroatoms. The Kier molecular flexibility index (Phi) is 5.58. The fourth-order valence-electron chi connectivity index (χ4n) is 1.22. The topological polar surface area (TPSA) is 29.1 Å². The summed E-state index contributed by atoms with van der Waals surface area (Å²) in [6.45, 7) is 0.576. The Hall–Kier alpha value is -0.670. The molecule has 0 aliphatic carbocycles. The smallest absolute Gasteiger partial charge is 0.221 e. The molecule has 0 fully saturated rings. The Labute approximate surface area is 99.4 Å². The highest BCUT2D eigenvalue weighted by Crippen LogP contribution is 2.19. The van der Waals surface area contributed by atoms with Gasteiger partial charge in [0.05, 0.1) is 0 Å². The second kappa shape index (κ2) is 6.75. The number of carbonyl (C=O) groups is 1. The van der Waals surface area contributed by atoms with Crippen LogP contribution in [0, 0.1) is 0 Å². The maximum atomic E-state index is 11.2. The molecule has 1 N–H and O–H groups in total. The summed E-state index contributed by atoms with van der Waals surface area (Å²) in [5.74, 6) is 0.372. The van der Waals surface area contributed by atoms with Crippen molar-refractivity contribution in [2.45, 2.75) is 17.9 Å². The monoisotopic (exact) mass is 243 g/mol. The van der Waals surface area contributed by atoms with E-state index in [9.17, 15) is 4.79 Å². The molecule has 0 saturated carbocycles. The fraction of sp³-hybridized carbons (Fsp3) is 0.364. The van der Waals surface area contributed by atoms with Crippen molar-refractivity contribution in [1.82, 2.24) is 5.32 Å². The normalized spacial score (nSPS) is 10.0. The predicted molar refractivity (Wildman–Crippen MR) is 65.4 cm³/mol. The lowest BCUT2D eigenvalue weighted by atomic mass is 10.2. The highest BCUT2D eigenvalue weighted by molar-refractivity contribution is 7.98. The Bertz CT molecular complexity index is 330. The van der Waals surface area contributed by atoms with E-state index in [1.165, 1.54) is 4.90 Å². The number of benzene rings is 1. The first-order chi connectivity index (χ1) is 7.27. The number of thioether (sulfide) groups is 1. The molecule has 0 bridgehead atoms. The van der Waals surface area contributed by atoms with Gasteiger partial charge in [-0.05, 0) is 17.9 Å². The lowest BCUT2D eigenvalue weighted by molar-refractivity contribution is -0.120. The van der Waals surface area contributed by atoms with Crippen molar-refractivity contribution in [3.63, 3.8) is 0 Å². The summed E-state index contributed by atoms with van der Waals surface area (Å²) in [7, 11) is 0. The van der Waals surface area contributed by atoms with Crippen molar-refractivity contribution >= 4 is 29.3 Å². The van der Waals surface area contributed by atoms with E-state index in [2.05, 4.69) is 5.32 Å². The molecule has 82 valence electrons. The van der Waals surface area contributed by atoms with E-state index < -0.39 is 0 Å². The summed E-state index contributed by atoms with van der Waals surface area (Å²) in [4.78, 5) is 12.4. The van der Waals surface area contributed by atoms with E-state index in [4.69, 9.17) is 11.6 Å². The first-order valence-corrected chi connectivity index (χ1v) is 6.48. The maximum Gasteiger partial charge on any atom is 0.221 e. The molecule has 2 nitrogen and oxygen atoms in total. The Morgan fingerprint density at radius 3 is 2.87 bits per heavy atom. The van der Waals surface area contributed by atoms with Gasteiger partial charge in [-0.2, -0.15) is 0 Å². The van der Waals surface area contributed by atoms with Crippen molar-refractivity contribution in [1.29, 1.82) is 0 Å². The van der Waals surface area contributed by atoms with Crippen LogP contribution in [0.2, 0.25) is 0 Å². The van der Waals surface area contributed by atoms with E-state index in [1.807, 2.05) is 30.5 Å². The molecule has 0 aromatic heterocycles. The molecule has 0 aliphatic rings. The molecule has 1 rings (SSSR count). The van der Waals surface area contributed by atoms with Gasteiger partial charge in [0.2, 0.25) is 5.91 Å². The number of alkyl halides is 1. The molecule has 0 heterocycles. The number of rotatable bonds is 5. The van der Waals surface area contributed by atoms with Gasteiger partial charge in [-0.1, -0.05) is 18.2 Å². The Morgan fingerprint density at radius 1 is 1.47 bits per heavy atom. The predicted octanol–water partition coefficient (Wildman–Crippen LogP) is 2.65. The number of hydrogen-bond donors (Lipinski definition) is 1. The summed E-state index contributed by atoms with van der Waals surface area (Å²) in [5, 5.41) is 2.84. The van der Waals surface area contributed by atoms with Gasteiger partial charge < -0.3 is 5.32 Å². The first kappa shape index (κ1) is 12.4. The quantitative estimate of drug-likeness (QED) is 0.636. The van der Waals surface area contributed by atoms with Crippen LogP contribution < -0.4 is 5.32 Å². The number of carbonyl (C=O) groups excluding carboxylic acids is 1. The third-order valence-corrected chi connectivity index (χ3v) is 3.02. The molecule has 0 spiro atoms. The summed E-state index contributed by atoms with van der Waals surface area (Å²) in [5.41, 5.74) is 1.15. The zero-order chi connectivity index (χ0) is 11.1. The van der Waals surface area contributed by atoms with Gasteiger partial charge in [-0.15, -0.1) is 23.4 Å². The van der Waals surface area contributed by atoms with Gasteiger partial charge >= 0.3 is 0 Å². The standard InChI is InChI=1S/C11H14ClNOS/c1-15-10-5-3-2-4-9(10)8-13-11(14)6-7-12/h2-5H,6-8H2,1H3,(H,13,14). The van der Waals surface area contributed by atoms with Crippen LogP contribution in [0.1, 0.15) is 12.0 Å². The van der Waals surface area contributed by atoms with Crippen LogP contribution in [0.5, 0.6) is 0 Å². The van der Waals surface area contributed by atoms with Gasteiger partial charge in [0.25, 0.3) is 0 Å². The molecule has 1 aromatic carbocycles. The molecule has 1 amide bonds. The van der Waals surface area contributed by atoms with Crippen LogP contribution in [0.3, 0.4) is 0 Å². The zero-order valence-electron chi connectivity index (χ0n) is 8.63. The van der Waals surface area contributed by atoms with E-state index >= 15 is 0 Å². The van der Waals surface area contributed by atoms with E-state index in [0.717, 1.165) is 5.56 Å². The molecule has 0 saturated heterocycles. The SMILES string of the molecule is CSc1ccccc1CNC(=O)CCCl. The summed E-state index contributed by atoms with van der Waals surface area (Å²) >= 11 is 7.15. The molecule has 1 aromatic rings. The van der Waals surface area contributed by atoms with Crippen LogP contribution in [0.15, 0.2) is 29.2 Å². The number of amides is 1. The van der Waals surface area contributed by atoms with Crippen LogP contribution in [-0.2, 0) is 11.3 Å². The molecular weight excluding hydrogens is 230 g/mol. The lowest BCUT2D eigenvalue weighted by Gasteiger charge is -2.08. The van der Waals surface area contributed by atoms with Crippen molar-refractivity contribution in [2.24, 2.45) is 0 Å². The summed E-state index contributed by atoms with van der Waals surface area (Å²) in [6, 6.07) is 8.04. The van der Waals surface area contributed by atoms with Crippen LogP contribution in [0.4, 0.5) is 0 Å². The second-order valence-electron chi connectivity index (χ2n) is 3.03. The molecule has 15 heavy (non-hydrogen) atoms. The minimum Gasteiger partial charge on any atom is -0.352 e. The fourth-order valence-corrected chi connectivity index (χ4v) is 2.01. The average molecular weight is 244 g/mol. The number of hydrogen-bond acceptors (Lipinski definition) is 2. The highest BCUT2D eigenvalue weighted by Gasteiger charge is 2.03. The third kappa shape index (κ3) is 4.14. The van der Waals surface area contributed by atoms with E-state index in [1.54, 1.807) is 11.8 Å². The van der Waals surface area contributed by atoms with Crippen LogP contribution >= 0.6 is 23.4 Å². The molecule has 0 aliphatic heterocycles. The van der Waals surface area contributed by atoms with Gasteiger partial charge in [0, 0.05) is 23.7 Å². The van der Waals surface area contributed by atoms with E-state index in [-0.39, 0.29) is 5.91 Å². The van der Waals surface area contributed by atoms with Gasteiger partial charge in [-0.3, -0.25) is 4.79 Å². The van der Waals surface area contributed by atoms with Crippen molar-refractivity contribution in [2.75, 3.05) is 12.1 Å². The number of nitrogens with one attached hydrogen (secondary N) is 1. The van der Waals surface area contributed by atoms with Crippen molar-refractivity contribution in [3.05, 3.63) is 29.8 Å². The molecular formula is C11H14ClNOS. The largest absolute Gasteiger partial charge is 0.352 e. The number of halogens is 1. The highest BCUT2D eigenvalue weighted by atomic mass is 35.5. The van der Waals surface area contributed by atoms with Crippen molar-refractivity contribution < 1.29 is 4.79 Å². The first-order valence-electron chi connectivity index (χ1n) is 4.72. The van der Waals surface area contributed by atoms with Gasteiger partial charge in [0.15, 0.2) is 0 Å². The average Bonchev–Trinajstić information content (AvgIpc) is 2.27. The zero-order valence-corrected chi connectivity index (χ0v) is 10.2. The minimum atomic E-state index is 0.000839. The third-order valence-electron chi connectivity index (χ3n) is 1.99. The Morgan fingerprint density at radius 2 is 2.20 bits per heavy atom. The molecule has 0 atom stereocenters. The van der Waals surface area contributed by atoms with Crippen LogP contribution in [-0.4, -0.2) is 18.0 Å². The van der Waals surface area contributed by atoms with Gasteiger partial charge in [-0.25, -0.2) is 0 Å². The van der Waals surface area contributed by atoms with Crippen LogP contribution in [0.25, 0.3) is 0 Å². The second-order valence-corrected chi connectivity index (χ2v) is 4.25.